The Labute approximate surface area is 132 Å². The molecule has 0 fully saturated rings. The summed E-state index contributed by atoms with van der Waals surface area (Å²) in [5.74, 6) is 0. The molecule has 7 heteroatoms. The molecule has 0 aliphatic rings. The predicted octanol–water partition coefficient (Wildman–Crippen LogP) is 4.32. The quantitative estimate of drug-likeness (QED) is 0.516. The number of benzene rings is 1. The molecule has 6 nitrogen and oxygen atoms in total. The lowest BCUT2D eigenvalue weighted by Gasteiger charge is -2.40. The van der Waals surface area contributed by atoms with Gasteiger partial charge in [-0.05, 0) is 39.3 Å². The molecule has 0 radical (unpaired) electrons. The minimum atomic E-state index is -0.838. The average Bonchev–Trinajstić information content (AvgIpc) is 2.76. The van der Waals surface area contributed by atoms with Crippen LogP contribution in [0, 0.1) is 0 Å². The van der Waals surface area contributed by atoms with Crippen LogP contribution >= 0.6 is 11.3 Å². The van der Waals surface area contributed by atoms with Crippen molar-refractivity contribution >= 4 is 21.6 Å². The predicted molar refractivity (Wildman–Crippen MR) is 89.2 cm³/mol. The normalized spacial score (nSPS) is 16.0. The molecule has 22 heavy (non-hydrogen) atoms. The van der Waals surface area contributed by atoms with Gasteiger partial charge in [-0.3, -0.25) is 4.79 Å². The first-order chi connectivity index (χ1) is 10.2. The van der Waals surface area contributed by atoms with Crippen LogP contribution in [0.5, 0.6) is 0 Å². The second-order valence-corrected chi connectivity index (χ2v) is 7.38. The summed E-state index contributed by atoms with van der Waals surface area (Å²) in [7, 11) is 0. The van der Waals surface area contributed by atoms with Crippen molar-refractivity contribution in [3.8, 4) is 0 Å². The van der Waals surface area contributed by atoms with E-state index in [0.717, 1.165) is 27.1 Å². The topological polar surface area (TPSA) is 90.8 Å². The number of azide groups is 1. The van der Waals surface area contributed by atoms with E-state index in [-0.39, 0.29) is 4.87 Å². The summed E-state index contributed by atoms with van der Waals surface area (Å²) in [5, 5.41) is 3.84. The van der Waals surface area contributed by atoms with Crippen LogP contribution in [-0.2, 0) is 10.3 Å². The van der Waals surface area contributed by atoms with E-state index in [2.05, 4.69) is 15.0 Å². The number of rotatable bonds is 4. The number of thiazole rings is 1. The van der Waals surface area contributed by atoms with E-state index in [4.69, 9.17) is 10.3 Å². The Bertz CT molecular complexity index is 783. The van der Waals surface area contributed by atoms with Gasteiger partial charge in [0, 0.05) is 10.5 Å². The van der Waals surface area contributed by atoms with Crippen molar-refractivity contribution < 1.29 is 4.74 Å². The van der Waals surface area contributed by atoms with Crippen molar-refractivity contribution in [2.75, 3.05) is 0 Å². The molecule has 1 heterocycles. The van der Waals surface area contributed by atoms with Crippen LogP contribution in [0.4, 0.5) is 0 Å². The van der Waals surface area contributed by atoms with Gasteiger partial charge in [0.05, 0.1) is 21.9 Å². The summed E-state index contributed by atoms with van der Waals surface area (Å²) >= 11 is 1.14. The van der Waals surface area contributed by atoms with E-state index >= 15 is 0 Å². The molecule has 2 rings (SSSR count). The molecule has 0 amide bonds. The van der Waals surface area contributed by atoms with E-state index in [1.165, 1.54) is 0 Å². The first kappa shape index (κ1) is 16.5. The number of hydrogen-bond acceptors (Lipinski definition) is 4. The van der Waals surface area contributed by atoms with E-state index < -0.39 is 17.2 Å². The maximum absolute atomic E-state index is 11.7. The molecule has 0 saturated carbocycles. The number of hydrogen-bond donors (Lipinski definition) is 1. The first-order valence-corrected chi connectivity index (χ1v) is 7.86. The third-order valence-corrected chi connectivity index (χ3v) is 4.45. The second kappa shape index (κ2) is 5.76. The molecule has 0 spiro atoms. The molecule has 0 aliphatic carbocycles. The molecule has 2 aromatic rings. The number of aromatic nitrogens is 1. The van der Waals surface area contributed by atoms with Crippen LogP contribution in [-0.4, -0.2) is 16.6 Å². The van der Waals surface area contributed by atoms with E-state index in [1.807, 2.05) is 52.8 Å². The number of nitrogens with one attached hydrogen (secondary N) is 1. The number of fused-ring (bicyclic) bond motifs is 1. The highest BCUT2D eigenvalue weighted by molar-refractivity contribution is 7.16. The average molecular weight is 320 g/mol. The molecule has 118 valence electrons. The van der Waals surface area contributed by atoms with Gasteiger partial charge in [-0.25, -0.2) is 0 Å². The van der Waals surface area contributed by atoms with Crippen molar-refractivity contribution in [2.45, 2.75) is 51.9 Å². The van der Waals surface area contributed by atoms with Crippen molar-refractivity contribution in [2.24, 2.45) is 5.11 Å². The summed E-state index contributed by atoms with van der Waals surface area (Å²) in [6.07, 6.45) is 0. The van der Waals surface area contributed by atoms with Gasteiger partial charge >= 0.3 is 4.87 Å². The minimum Gasteiger partial charge on any atom is -0.365 e. The zero-order chi connectivity index (χ0) is 16.5. The molecule has 0 saturated heterocycles. The standard InChI is InChI=1S/C15H20N4O2S/c1-9(18-19-16)15(5,21-14(2,3)4)10-7-6-8-11-12(10)22-13(20)17-11/h6-9H,1-5H3,(H,17,20). The zero-order valence-electron chi connectivity index (χ0n) is 13.4. The number of nitrogens with zero attached hydrogens (tertiary/aromatic N) is 3. The van der Waals surface area contributed by atoms with Crippen molar-refractivity contribution in [1.82, 2.24) is 4.98 Å². The smallest absolute Gasteiger partial charge is 0.305 e. The largest absolute Gasteiger partial charge is 0.365 e. The Hall–Kier alpha value is -1.82. The molecule has 1 N–H and O–H groups in total. The van der Waals surface area contributed by atoms with Crippen LogP contribution < -0.4 is 4.87 Å². The minimum absolute atomic E-state index is 0.114. The lowest BCUT2D eigenvalue weighted by molar-refractivity contribution is -0.136. The van der Waals surface area contributed by atoms with Gasteiger partial charge in [-0.15, -0.1) is 0 Å². The van der Waals surface area contributed by atoms with E-state index in [0.29, 0.717) is 0 Å². The number of H-pyrrole nitrogens is 1. The van der Waals surface area contributed by atoms with Crippen LogP contribution in [0.15, 0.2) is 28.1 Å². The third kappa shape index (κ3) is 3.16. The first-order valence-electron chi connectivity index (χ1n) is 7.04. The van der Waals surface area contributed by atoms with Gasteiger partial charge in [-0.2, -0.15) is 0 Å². The summed E-state index contributed by atoms with van der Waals surface area (Å²) < 4.78 is 7.10. The van der Waals surface area contributed by atoms with E-state index in [1.54, 1.807) is 0 Å². The molecule has 2 atom stereocenters. The highest BCUT2D eigenvalue weighted by Crippen LogP contribution is 2.39. The Balaban J connectivity index is 2.70. The summed E-state index contributed by atoms with van der Waals surface area (Å²) in [6, 6.07) is 5.21. The Morgan fingerprint density at radius 3 is 2.64 bits per heavy atom. The van der Waals surface area contributed by atoms with Crippen molar-refractivity contribution in [3.63, 3.8) is 0 Å². The number of aromatic amines is 1. The Morgan fingerprint density at radius 2 is 2.05 bits per heavy atom. The molecular formula is C15H20N4O2S. The van der Waals surface area contributed by atoms with Crippen LogP contribution in [0.3, 0.4) is 0 Å². The van der Waals surface area contributed by atoms with Crippen LogP contribution in [0.1, 0.15) is 40.2 Å². The Kier molecular flexibility index (Phi) is 4.33. The number of ether oxygens (including phenoxy) is 1. The SMILES string of the molecule is CC(N=[N+]=[N-])C(C)(OC(C)(C)C)c1cccc2[nH]c(=O)sc12. The molecule has 0 bridgehead atoms. The van der Waals surface area contributed by atoms with Gasteiger partial charge in [0.25, 0.3) is 0 Å². The fraction of sp³-hybridized carbons (Fsp3) is 0.533. The zero-order valence-corrected chi connectivity index (χ0v) is 14.2. The maximum atomic E-state index is 11.7. The summed E-state index contributed by atoms with van der Waals surface area (Å²) in [5.41, 5.74) is 9.16. The van der Waals surface area contributed by atoms with Crippen molar-refractivity contribution in [1.29, 1.82) is 0 Å². The van der Waals surface area contributed by atoms with Crippen LogP contribution in [0.2, 0.25) is 0 Å². The lowest BCUT2D eigenvalue weighted by atomic mass is 9.88. The fourth-order valence-electron chi connectivity index (χ4n) is 2.55. The molecule has 1 aromatic carbocycles. The summed E-state index contributed by atoms with van der Waals surface area (Å²) in [4.78, 5) is 17.3. The van der Waals surface area contributed by atoms with Crippen LogP contribution in [0.25, 0.3) is 20.7 Å². The van der Waals surface area contributed by atoms with Gasteiger partial charge in [-0.1, -0.05) is 35.5 Å². The second-order valence-electron chi connectivity index (χ2n) is 6.40. The fourth-order valence-corrected chi connectivity index (χ4v) is 3.51. The molecule has 1 aromatic heterocycles. The van der Waals surface area contributed by atoms with Gasteiger partial charge in [0.2, 0.25) is 0 Å². The summed E-state index contributed by atoms with van der Waals surface area (Å²) in [6.45, 7) is 9.57. The van der Waals surface area contributed by atoms with Gasteiger partial charge in [0.1, 0.15) is 5.60 Å². The van der Waals surface area contributed by atoms with Gasteiger partial charge in [0.15, 0.2) is 0 Å². The van der Waals surface area contributed by atoms with Crippen molar-refractivity contribution in [3.05, 3.63) is 43.9 Å². The Morgan fingerprint density at radius 1 is 1.36 bits per heavy atom. The molecular weight excluding hydrogens is 300 g/mol. The monoisotopic (exact) mass is 320 g/mol. The maximum Gasteiger partial charge on any atom is 0.305 e. The third-order valence-electron chi connectivity index (χ3n) is 3.52. The molecule has 0 aliphatic heterocycles. The lowest BCUT2D eigenvalue weighted by Crippen LogP contribution is -2.42. The molecule has 2 unspecified atom stereocenters. The highest BCUT2D eigenvalue weighted by Gasteiger charge is 2.39. The van der Waals surface area contributed by atoms with Gasteiger partial charge < -0.3 is 9.72 Å². The van der Waals surface area contributed by atoms with E-state index in [9.17, 15) is 4.79 Å². The highest BCUT2D eigenvalue weighted by atomic mass is 32.1.